The van der Waals surface area contributed by atoms with Gasteiger partial charge in [0.05, 0.1) is 0 Å². The van der Waals surface area contributed by atoms with Crippen LogP contribution in [0.2, 0.25) is 5.02 Å². The summed E-state index contributed by atoms with van der Waals surface area (Å²) < 4.78 is 56.8. The Balaban J connectivity index is 2.55. The lowest BCUT2D eigenvalue weighted by Gasteiger charge is -2.13. The third-order valence-corrected chi connectivity index (χ3v) is 3.00. The lowest BCUT2D eigenvalue weighted by Crippen LogP contribution is -2.17. The largest absolute Gasteiger partial charge is 0.477 e. The number of carboxylic acids is 1. The van der Waals surface area contributed by atoms with Gasteiger partial charge in [0.15, 0.2) is 17.3 Å². The fourth-order valence-corrected chi connectivity index (χ4v) is 1.91. The highest BCUT2D eigenvalue weighted by Crippen LogP contribution is 2.35. The molecule has 2 rings (SSSR count). The van der Waals surface area contributed by atoms with E-state index in [4.69, 9.17) is 21.4 Å². The smallest absolute Gasteiger partial charge is 0.435 e. The molecule has 0 aliphatic heterocycles. The van der Waals surface area contributed by atoms with Gasteiger partial charge in [0, 0.05) is 10.6 Å². The number of aromatic carboxylic acids is 1. The van der Waals surface area contributed by atoms with Gasteiger partial charge in [0.2, 0.25) is 0 Å². The molecule has 0 bridgehead atoms. The summed E-state index contributed by atoms with van der Waals surface area (Å²) in [6, 6.07) is 3.23. The average Bonchev–Trinajstić information content (AvgIpc) is 2.40. The van der Waals surface area contributed by atoms with Gasteiger partial charge in [-0.1, -0.05) is 11.6 Å². The molecule has 122 valence electrons. The number of aromatic nitrogens is 2. The number of carbonyl (C=O) groups is 1. The van der Waals surface area contributed by atoms with Crippen molar-refractivity contribution >= 4 is 17.6 Å². The van der Waals surface area contributed by atoms with E-state index in [2.05, 4.69) is 10.2 Å². The predicted octanol–water partition coefficient (Wildman–Crippen LogP) is 4.09. The topological polar surface area (TPSA) is 72.3 Å². The van der Waals surface area contributed by atoms with Crippen LogP contribution in [-0.2, 0) is 6.18 Å². The monoisotopic (exact) mass is 350 g/mol. The molecule has 0 unspecified atom stereocenters. The van der Waals surface area contributed by atoms with E-state index >= 15 is 0 Å². The number of benzene rings is 1. The SMILES string of the molecule is Cc1c(C(F)(F)F)nnc(Oc2ccc(Cl)cc2F)c1C(=O)O. The molecule has 0 amide bonds. The molecule has 10 heteroatoms. The highest BCUT2D eigenvalue weighted by Gasteiger charge is 2.38. The first-order valence-electron chi connectivity index (χ1n) is 5.92. The Morgan fingerprint density at radius 3 is 2.48 bits per heavy atom. The quantitative estimate of drug-likeness (QED) is 0.844. The van der Waals surface area contributed by atoms with Crippen LogP contribution in [0.15, 0.2) is 18.2 Å². The summed E-state index contributed by atoms with van der Waals surface area (Å²) in [6.45, 7) is 0.909. The standard InChI is InChI=1S/C13H7ClF4N2O3/c1-5-9(12(21)22)11(20-19-10(5)13(16,17)18)23-8-3-2-6(14)4-7(8)15/h2-4H,1H3,(H,21,22). The van der Waals surface area contributed by atoms with E-state index in [0.29, 0.717) is 0 Å². The van der Waals surface area contributed by atoms with Crippen LogP contribution in [0.3, 0.4) is 0 Å². The summed E-state index contributed by atoms with van der Waals surface area (Å²) in [4.78, 5) is 11.2. The van der Waals surface area contributed by atoms with Crippen LogP contribution in [0.5, 0.6) is 11.6 Å². The number of nitrogens with zero attached hydrogens (tertiary/aromatic N) is 2. The fraction of sp³-hybridized carbons (Fsp3) is 0.154. The van der Waals surface area contributed by atoms with Crippen molar-refractivity contribution in [3.8, 4) is 11.6 Å². The first-order valence-corrected chi connectivity index (χ1v) is 6.29. The van der Waals surface area contributed by atoms with Crippen LogP contribution in [0.1, 0.15) is 21.6 Å². The lowest BCUT2D eigenvalue weighted by molar-refractivity contribution is -0.142. The van der Waals surface area contributed by atoms with Crippen molar-refractivity contribution in [1.29, 1.82) is 0 Å². The van der Waals surface area contributed by atoms with E-state index in [1.54, 1.807) is 0 Å². The Bertz CT molecular complexity index is 781. The predicted molar refractivity (Wildman–Crippen MR) is 70.2 cm³/mol. The zero-order valence-electron chi connectivity index (χ0n) is 11.3. The number of hydrogen-bond acceptors (Lipinski definition) is 4. The van der Waals surface area contributed by atoms with Crippen LogP contribution in [-0.4, -0.2) is 21.3 Å². The van der Waals surface area contributed by atoms with Crippen molar-refractivity contribution < 1.29 is 32.2 Å². The van der Waals surface area contributed by atoms with Gasteiger partial charge >= 0.3 is 12.1 Å². The van der Waals surface area contributed by atoms with Gasteiger partial charge in [-0.15, -0.1) is 10.2 Å². The van der Waals surface area contributed by atoms with E-state index in [0.717, 1.165) is 19.1 Å². The van der Waals surface area contributed by atoms with E-state index in [-0.39, 0.29) is 5.02 Å². The van der Waals surface area contributed by atoms with Crippen molar-refractivity contribution in [2.24, 2.45) is 0 Å². The van der Waals surface area contributed by atoms with Gasteiger partial charge in [-0.3, -0.25) is 0 Å². The van der Waals surface area contributed by atoms with Crippen LogP contribution in [0.4, 0.5) is 17.6 Å². The Labute approximate surface area is 131 Å². The van der Waals surface area contributed by atoms with Gasteiger partial charge in [0.25, 0.3) is 5.88 Å². The van der Waals surface area contributed by atoms with Gasteiger partial charge in [-0.05, 0) is 25.1 Å². The number of carboxylic acid groups (broad SMARTS) is 1. The molecular formula is C13H7ClF4N2O3. The van der Waals surface area contributed by atoms with E-state index in [1.807, 2.05) is 0 Å². The molecule has 0 fully saturated rings. The third kappa shape index (κ3) is 3.50. The Morgan fingerprint density at radius 2 is 1.96 bits per heavy atom. The molecule has 1 aromatic heterocycles. The first-order chi connectivity index (χ1) is 10.6. The van der Waals surface area contributed by atoms with Gasteiger partial charge in [-0.25, -0.2) is 9.18 Å². The van der Waals surface area contributed by atoms with Crippen LogP contribution < -0.4 is 4.74 Å². The van der Waals surface area contributed by atoms with Crippen LogP contribution in [0.25, 0.3) is 0 Å². The van der Waals surface area contributed by atoms with Crippen molar-refractivity contribution in [2.75, 3.05) is 0 Å². The maximum absolute atomic E-state index is 13.7. The highest BCUT2D eigenvalue weighted by atomic mass is 35.5. The van der Waals surface area contributed by atoms with Crippen LogP contribution >= 0.6 is 11.6 Å². The number of hydrogen-bond donors (Lipinski definition) is 1. The van der Waals surface area contributed by atoms with Crippen LogP contribution in [0, 0.1) is 12.7 Å². The highest BCUT2D eigenvalue weighted by molar-refractivity contribution is 6.30. The molecule has 1 N–H and O–H groups in total. The molecule has 23 heavy (non-hydrogen) atoms. The van der Waals surface area contributed by atoms with Crippen molar-refractivity contribution in [3.05, 3.63) is 45.9 Å². The number of rotatable bonds is 3. The molecule has 0 atom stereocenters. The maximum atomic E-state index is 13.7. The minimum atomic E-state index is -4.88. The zero-order chi connectivity index (χ0) is 17.4. The lowest BCUT2D eigenvalue weighted by atomic mass is 10.1. The van der Waals surface area contributed by atoms with Gasteiger partial charge in [-0.2, -0.15) is 13.2 Å². The normalized spacial score (nSPS) is 11.4. The molecule has 0 radical (unpaired) electrons. The molecule has 0 spiro atoms. The van der Waals surface area contributed by atoms with Gasteiger partial charge < -0.3 is 9.84 Å². The number of ether oxygens (including phenoxy) is 1. The fourth-order valence-electron chi connectivity index (χ4n) is 1.75. The second-order valence-electron chi connectivity index (χ2n) is 4.33. The van der Waals surface area contributed by atoms with E-state index in [1.165, 1.54) is 6.07 Å². The molecule has 1 heterocycles. The summed E-state index contributed by atoms with van der Waals surface area (Å²) in [7, 11) is 0. The summed E-state index contributed by atoms with van der Waals surface area (Å²) in [5, 5.41) is 15.2. The number of halogens is 5. The van der Waals surface area contributed by atoms with Gasteiger partial charge in [0.1, 0.15) is 5.56 Å². The second-order valence-corrected chi connectivity index (χ2v) is 4.77. The van der Waals surface area contributed by atoms with Crippen molar-refractivity contribution in [2.45, 2.75) is 13.1 Å². The second kappa shape index (κ2) is 5.99. The summed E-state index contributed by atoms with van der Waals surface area (Å²) in [6.07, 6.45) is -4.88. The molecule has 0 saturated carbocycles. The molecule has 2 aromatic rings. The Kier molecular flexibility index (Phi) is 4.42. The minimum absolute atomic E-state index is 0.0583. The van der Waals surface area contributed by atoms with E-state index < -0.39 is 46.4 Å². The summed E-state index contributed by atoms with van der Waals surface area (Å²) in [5.74, 6) is -3.87. The summed E-state index contributed by atoms with van der Waals surface area (Å²) in [5.41, 5.74) is -3.01. The third-order valence-electron chi connectivity index (χ3n) is 2.77. The van der Waals surface area contributed by atoms with E-state index in [9.17, 15) is 22.4 Å². The Morgan fingerprint density at radius 1 is 1.30 bits per heavy atom. The molecule has 0 saturated heterocycles. The minimum Gasteiger partial charge on any atom is -0.477 e. The van der Waals surface area contributed by atoms with Crippen molar-refractivity contribution in [1.82, 2.24) is 10.2 Å². The Hall–Kier alpha value is -2.42. The maximum Gasteiger partial charge on any atom is 0.435 e. The molecule has 5 nitrogen and oxygen atoms in total. The first kappa shape index (κ1) is 16.9. The summed E-state index contributed by atoms with van der Waals surface area (Å²) >= 11 is 5.56. The molecule has 1 aromatic carbocycles. The average molecular weight is 351 g/mol. The molecular weight excluding hydrogens is 344 g/mol. The molecule has 0 aliphatic carbocycles. The zero-order valence-corrected chi connectivity index (χ0v) is 12.0. The number of alkyl halides is 3. The molecule has 0 aliphatic rings. The van der Waals surface area contributed by atoms with Crippen molar-refractivity contribution in [3.63, 3.8) is 0 Å².